The number of aromatic nitrogens is 4. The molecule has 102 valence electrons. The van der Waals surface area contributed by atoms with Crippen molar-refractivity contribution >= 4 is 51.3 Å². The number of thiazole rings is 1. The molecule has 0 saturated carbocycles. The Bertz CT molecular complexity index is 769. The minimum Gasteiger partial charge on any atom is -0.375 e. The Morgan fingerprint density at radius 2 is 1.95 bits per heavy atom. The van der Waals surface area contributed by atoms with Crippen LogP contribution in [0.25, 0.3) is 16.3 Å². The zero-order valence-corrected chi connectivity index (χ0v) is 12.8. The van der Waals surface area contributed by atoms with Gasteiger partial charge in [0.25, 0.3) is 0 Å². The van der Waals surface area contributed by atoms with E-state index < -0.39 is 0 Å². The molecule has 5 nitrogen and oxygen atoms in total. The van der Waals surface area contributed by atoms with Gasteiger partial charge in [0, 0.05) is 5.56 Å². The number of nitrogens with two attached hydrogens (primary N) is 1. The molecule has 0 bridgehead atoms. The fraction of sp³-hybridized carbons (Fsp3) is 0. The SMILES string of the molecule is Nc1nc(-c2ccc(Cl)c(Cl)c2Cl)c(-n2cncn2)s1. The molecular formula is C11H6Cl3N5S. The molecule has 0 radical (unpaired) electrons. The third-order valence-corrected chi connectivity index (χ3v) is 4.71. The average Bonchev–Trinajstić information content (AvgIpc) is 3.05. The van der Waals surface area contributed by atoms with Crippen molar-refractivity contribution in [3.8, 4) is 16.3 Å². The number of hydrogen-bond acceptors (Lipinski definition) is 5. The smallest absolute Gasteiger partial charge is 0.182 e. The van der Waals surface area contributed by atoms with E-state index in [0.29, 0.717) is 31.4 Å². The van der Waals surface area contributed by atoms with Gasteiger partial charge in [-0.1, -0.05) is 46.1 Å². The summed E-state index contributed by atoms with van der Waals surface area (Å²) in [5.74, 6) is 0. The van der Waals surface area contributed by atoms with Crippen LogP contribution in [0.4, 0.5) is 5.13 Å². The summed E-state index contributed by atoms with van der Waals surface area (Å²) >= 11 is 19.5. The molecule has 0 amide bonds. The van der Waals surface area contributed by atoms with Crippen LogP contribution in [0.3, 0.4) is 0 Å². The summed E-state index contributed by atoms with van der Waals surface area (Å²) in [4.78, 5) is 8.20. The topological polar surface area (TPSA) is 69.6 Å². The van der Waals surface area contributed by atoms with Crippen LogP contribution in [0.2, 0.25) is 15.1 Å². The van der Waals surface area contributed by atoms with Gasteiger partial charge in [-0.3, -0.25) is 0 Å². The summed E-state index contributed by atoms with van der Waals surface area (Å²) in [5, 5.41) is 6.16. The van der Waals surface area contributed by atoms with Gasteiger partial charge in [0.2, 0.25) is 0 Å². The highest BCUT2D eigenvalue weighted by molar-refractivity contribution is 7.18. The molecule has 0 spiro atoms. The molecule has 0 aliphatic rings. The fourth-order valence-corrected chi connectivity index (χ4v) is 3.08. The first-order valence-electron chi connectivity index (χ1n) is 5.33. The lowest BCUT2D eigenvalue weighted by molar-refractivity contribution is 0.895. The normalized spacial score (nSPS) is 10.9. The Morgan fingerprint density at radius 3 is 2.65 bits per heavy atom. The fourth-order valence-electron chi connectivity index (χ4n) is 1.68. The van der Waals surface area contributed by atoms with Crippen molar-refractivity contribution in [1.82, 2.24) is 19.7 Å². The third kappa shape index (κ3) is 2.25. The summed E-state index contributed by atoms with van der Waals surface area (Å²) in [6, 6.07) is 3.40. The molecule has 0 fully saturated rings. The number of hydrogen-bond donors (Lipinski definition) is 1. The lowest BCUT2D eigenvalue weighted by Crippen LogP contribution is -1.94. The number of nitrogen functional groups attached to an aromatic ring is 1. The van der Waals surface area contributed by atoms with Gasteiger partial charge in [-0.15, -0.1) is 0 Å². The van der Waals surface area contributed by atoms with E-state index in [1.54, 1.807) is 23.1 Å². The molecule has 0 unspecified atom stereocenters. The standard InChI is InChI=1S/C11H6Cl3N5S/c12-6-2-1-5(7(13)8(6)14)9-10(20-11(15)18-9)19-4-16-3-17-19/h1-4H,(H2,15,18). The van der Waals surface area contributed by atoms with Gasteiger partial charge < -0.3 is 5.73 Å². The van der Waals surface area contributed by atoms with Crippen LogP contribution in [0.5, 0.6) is 0 Å². The predicted molar refractivity (Wildman–Crippen MR) is 81.9 cm³/mol. The highest BCUT2D eigenvalue weighted by Crippen LogP contribution is 2.41. The second-order valence-electron chi connectivity index (χ2n) is 3.77. The quantitative estimate of drug-likeness (QED) is 0.714. The Hall–Kier alpha value is -1.34. The second kappa shape index (κ2) is 5.21. The van der Waals surface area contributed by atoms with E-state index in [1.165, 1.54) is 17.7 Å². The van der Waals surface area contributed by atoms with E-state index in [-0.39, 0.29) is 5.02 Å². The lowest BCUT2D eigenvalue weighted by Gasteiger charge is -2.06. The molecule has 3 aromatic rings. The van der Waals surface area contributed by atoms with E-state index in [9.17, 15) is 0 Å². The van der Waals surface area contributed by atoms with E-state index >= 15 is 0 Å². The Balaban J connectivity index is 2.24. The van der Waals surface area contributed by atoms with Crippen LogP contribution in [-0.2, 0) is 0 Å². The zero-order chi connectivity index (χ0) is 14.3. The first kappa shape index (κ1) is 13.6. The van der Waals surface area contributed by atoms with Crippen LogP contribution in [-0.4, -0.2) is 19.7 Å². The minimum atomic E-state index is 0.280. The van der Waals surface area contributed by atoms with Crippen LogP contribution < -0.4 is 5.73 Å². The largest absolute Gasteiger partial charge is 0.375 e. The van der Waals surface area contributed by atoms with E-state index in [4.69, 9.17) is 40.5 Å². The molecule has 0 atom stereocenters. The highest BCUT2D eigenvalue weighted by atomic mass is 35.5. The second-order valence-corrected chi connectivity index (χ2v) is 5.94. The highest BCUT2D eigenvalue weighted by Gasteiger charge is 2.19. The van der Waals surface area contributed by atoms with Crippen molar-refractivity contribution in [2.75, 3.05) is 5.73 Å². The van der Waals surface area contributed by atoms with Crippen LogP contribution in [0.15, 0.2) is 24.8 Å². The monoisotopic (exact) mass is 345 g/mol. The molecule has 20 heavy (non-hydrogen) atoms. The van der Waals surface area contributed by atoms with Gasteiger partial charge in [-0.05, 0) is 12.1 Å². The maximum Gasteiger partial charge on any atom is 0.182 e. The summed E-state index contributed by atoms with van der Waals surface area (Å²) in [7, 11) is 0. The first-order chi connectivity index (χ1) is 9.58. The van der Waals surface area contributed by atoms with Crippen molar-refractivity contribution in [2.45, 2.75) is 0 Å². The molecular weight excluding hydrogens is 341 g/mol. The van der Waals surface area contributed by atoms with E-state index in [2.05, 4.69) is 15.1 Å². The van der Waals surface area contributed by atoms with Crippen LogP contribution >= 0.6 is 46.1 Å². The van der Waals surface area contributed by atoms with Gasteiger partial charge in [0.1, 0.15) is 23.3 Å². The summed E-state index contributed by atoms with van der Waals surface area (Å²) < 4.78 is 1.57. The number of benzene rings is 1. The molecule has 0 saturated heterocycles. The van der Waals surface area contributed by atoms with Crippen LogP contribution in [0.1, 0.15) is 0 Å². The minimum absolute atomic E-state index is 0.280. The number of rotatable bonds is 2. The van der Waals surface area contributed by atoms with Crippen molar-refractivity contribution < 1.29 is 0 Å². The third-order valence-electron chi connectivity index (χ3n) is 2.54. The lowest BCUT2D eigenvalue weighted by atomic mass is 10.1. The Kier molecular flexibility index (Phi) is 3.55. The molecule has 2 N–H and O–H groups in total. The van der Waals surface area contributed by atoms with Gasteiger partial charge in [0.15, 0.2) is 5.13 Å². The summed E-state index contributed by atoms with van der Waals surface area (Å²) in [5.41, 5.74) is 7.01. The Labute approximate surface area is 132 Å². The van der Waals surface area contributed by atoms with E-state index in [0.717, 1.165) is 0 Å². The Morgan fingerprint density at radius 1 is 1.15 bits per heavy atom. The molecule has 3 rings (SSSR count). The van der Waals surface area contributed by atoms with Gasteiger partial charge in [-0.25, -0.2) is 14.6 Å². The molecule has 2 aromatic heterocycles. The molecule has 2 heterocycles. The molecule has 0 aliphatic carbocycles. The first-order valence-corrected chi connectivity index (χ1v) is 7.28. The number of halogens is 3. The maximum absolute atomic E-state index is 6.24. The molecule has 0 aliphatic heterocycles. The van der Waals surface area contributed by atoms with Gasteiger partial charge in [-0.2, -0.15) is 5.10 Å². The zero-order valence-electron chi connectivity index (χ0n) is 9.72. The average molecular weight is 347 g/mol. The van der Waals surface area contributed by atoms with Crippen molar-refractivity contribution in [3.63, 3.8) is 0 Å². The van der Waals surface area contributed by atoms with Crippen molar-refractivity contribution in [2.24, 2.45) is 0 Å². The maximum atomic E-state index is 6.24. The van der Waals surface area contributed by atoms with Crippen molar-refractivity contribution in [1.29, 1.82) is 0 Å². The van der Waals surface area contributed by atoms with Gasteiger partial charge >= 0.3 is 0 Å². The predicted octanol–water partition coefficient (Wildman–Crippen LogP) is 3.93. The van der Waals surface area contributed by atoms with Crippen molar-refractivity contribution in [3.05, 3.63) is 39.9 Å². The van der Waals surface area contributed by atoms with E-state index in [1.807, 2.05) is 0 Å². The summed E-state index contributed by atoms with van der Waals surface area (Å²) in [6.45, 7) is 0. The van der Waals surface area contributed by atoms with Gasteiger partial charge in [0.05, 0.1) is 15.1 Å². The molecule has 9 heteroatoms. The number of anilines is 1. The van der Waals surface area contributed by atoms with Crippen LogP contribution in [0, 0.1) is 0 Å². The summed E-state index contributed by atoms with van der Waals surface area (Å²) in [6.07, 6.45) is 2.98. The molecule has 1 aromatic carbocycles. The number of nitrogens with zero attached hydrogens (tertiary/aromatic N) is 4.